The molecule has 0 aliphatic carbocycles. The van der Waals surface area contributed by atoms with Crippen LogP contribution in [0.1, 0.15) is 16.7 Å². The largest absolute Gasteiger partial charge is 0.479 e. The maximum absolute atomic E-state index is 13.3. The van der Waals surface area contributed by atoms with E-state index in [1.807, 2.05) is 5.32 Å². The highest BCUT2D eigenvalue weighted by atomic mass is 32.1. The van der Waals surface area contributed by atoms with Gasteiger partial charge in [0.1, 0.15) is 24.1 Å². The summed E-state index contributed by atoms with van der Waals surface area (Å²) < 4.78 is 13.3. The lowest BCUT2D eigenvalue weighted by molar-refractivity contribution is -0.170. The van der Waals surface area contributed by atoms with E-state index >= 15 is 0 Å². The molecule has 11 heteroatoms. The van der Waals surface area contributed by atoms with E-state index in [0.29, 0.717) is 5.56 Å². The molecule has 2 aromatic rings. The number of hydrogen-bond acceptors (Lipinski definition) is 8. The zero-order chi connectivity index (χ0) is 24.7. The molecule has 9 nitrogen and oxygen atoms in total. The second-order valence-corrected chi connectivity index (χ2v) is 7.26. The molecule has 5 unspecified atom stereocenters. The van der Waals surface area contributed by atoms with Crippen molar-refractivity contribution in [1.82, 2.24) is 5.32 Å². The minimum absolute atomic E-state index is 0.0445. The van der Waals surface area contributed by atoms with Gasteiger partial charge in [-0.3, -0.25) is 4.79 Å². The Morgan fingerprint density at radius 2 is 1.39 bits per heavy atom. The first kappa shape index (κ1) is 26.2. The highest BCUT2D eigenvalue weighted by molar-refractivity contribution is 7.79. The summed E-state index contributed by atoms with van der Waals surface area (Å²) >= 11 is 4.84. The monoisotopic (exact) mass is 479 g/mol. The number of hydrogen-bond donors (Lipinski definition) is 7. The fourth-order valence-corrected chi connectivity index (χ4v) is 2.92. The number of aliphatic hydroxyl groups excluding tert-OH is 5. The molecule has 7 N–H and O–H groups in total. The maximum atomic E-state index is 13.3. The van der Waals surface area contributed by atoms with Crippen LogP contribution in [0.15, 0.2) is 48.5 Å². The number of carboxylic acid groups (broad SMARTS) is 1. The number of thiocarbonyl (C=S) groups is 1. The first-order valence-electron chi connectivity index (χ1n) is 9.52. The standard InChI is InChI=1S/C22H22FNO8S/c23-14-7-5-13(6-8-14)15(9-11-1-3-12(10-33)4-2-11)20(29)24-21(30)18(27)16(25)17(26)19(28)22(31)32/h1-10,16-19,21,25-28,30H,(H,24,29)(H,31,32). The highest BCUT2D eigenvalue weighted by Crippen LogP contribution is 2.20. The Morgan fingerprint density at radius 3 is 1.91 bits per heavy atom. The van der Waals surface area contributed by atoms with Crippen LogP contribution in [-0.2, 0) is 9.59 Å². The zero-order valence-corrected chi connectivity index (χ0v) is 17.8. The van der Waals surface area contributed by atoms with E-state index in [0.717, 1.165) is 17.7 Å². The molecule has 0 bridgehead atoms. The van der Waals surface area contributed by atoms with Crippen molar-refractivity contribution in [2.24, 2.45) is 0 Å². The minimum Gasteiger partial charge on any atom is -0.479 e. The predicted molar refractivity (Wildman–Crippen MR) is 119 cm³/mol. The normalized spacial score (nSPS) is 16.2. The zero-order valence-electron chi connectivity index (χ0n) is 16.9. The van der Waals surface area contributed by atoms with E-state index in [9.17, 15) is 39.5 Å². The van der Waals surface area contributed by atoms with Gasteiger partial charge in [-0.1, -0.05) is 48.6 Å². The number of amides is 1. The van der Waals surface area contributed by atoms with Crippen LogP contribution in [0, 0.1) is 5.82 Å². The SMILES string of the molecule is O=C(NC(O)C(O)C(O)C(O)C(O)C(=O)O)C(=Cc1ccc(C=S)cc1)c1ccc(F)cc1. The molecule has 0 heterocycles. The van der Waals surface area contributed by atoms with E-state index in [1.165, 1.54) is 23.6 Å². The van der Waals surface area contributed by atoms with Crippen LogP contribution in [-0.4, -0.2) is 78.5 Å². The number of nitrogens with one attached hydrogen (secondary N) is 1. The number of benzene rings is 2. The molecule has 0 fully saturated rings. The van der Waals surface area contributed by atoms with Gasteiger partial charge in [0, 0.05) is 10.9 Å². The molecule has 0 saturated carbocycles. The van der Waals surface area contributed by atoms with Gasteiger partial charge >= 0.3 is 5.97 Å². The topological polar surface area (TPSA) is 168 Å². The Morgan fingerprint density at radius 1 is 0.848 bits per heavy atom. The van der Waals surface area contributed by atoms with Gasteiger partial charge in [-0.05, 0) is 34.9 Å². The lowest BCUT2D eigenvalue weighted by Crippen LogP contribution is -2.55. The molecule has 2 aromatic carbocycles. The summed E-state index contributed by atoms with van der Waals surface area (Å²) in [6.45, 7) is 0. The lowest BCUT2D eigenvalue weighted by atomic mass is 9.99. The van der Waals surface area contributed by atoms with Crippen LogP contribution < -0.4 is 5.32 Å². The van der Waals surface area contributed by atoms with Gasteiger partial charge in [0.15, 0.2) is 12.3 Å². The van der Waals surface area contributed by atoms with Gasteiger partial charge in [0.05, 0.1) is 0 Å². The molecule has 0 saturated heterocycles. The Bertz CT molecular complexity index is 1010. The Hall–Kier alpha value is -3.06. The van der Waals surface area contributed by atoms with Gasteiger partial charge < -0.3 is 36.0 Å². The number of aliphatic carboxylic acids is 1. The molecule has 33 heavy (non-hydrogen) atoms. The first-order valence-corrected chi connectivity index (χ1v) is 9.99. The Labute approximate surface area is 193 Å². The summed E-state index contributed by atoms with van der Waals surface area (Å²) in [6, 6.07) is 11.6. The summed E-state index contributed by atoms with van der Waals surface area (Å²) in [6.07, 6.45) is -10.1. The number of halogens is 1. The molecular weight excluding hydrogens is 457 g/mol. The number of carbonyl (C=O) groups is 2. The van der Waals surface area contributed by atoms with Crippen molar-refractivity contribution in [3.63, 3.8) is 0 Å². The molecule has 2 rings (SSSR count). The van der Waals surface area contributed by atoms with E-state index in [4.69, 9.17) is 17.3 Å². The second kappa shape index (κ2) is 11.7. The van der Waals surface area contributed by atoms with Crippen molar-refractivity contribution in [2.75, 3.05) is 0 Å². The van der Waals surface area contributed by atoms with Crippen LogP contribution in [0.25, 0.3) is 11.6 Å². The fraction of sp³-hybridized carbons (Fsp3) is 0.227. The van der Waals surface area contributed by atoms with Crippen molar-refractivity contribution in [2.45, 2.75) is 30.6 Å². The molecule has 0 aromatic heterocycles. The van der Waals surface area contributed by atoms with Crippen molar-refractivity contribution in [3.05, 3.63) is 71.0 Å². The summed E-state index contributed by atoms with van der Waals surface area (Å²) in [5.41, 5.74) is 1.53. The number of aliphatic hydroxyl groups is 5. The smallest absolute Gasteiger partial charge is 0.335 e. The Kier molecular flexibility index (Phi) is 9.29. The summed E-state index contributed by atoms with van der Waals surface area (Å²) in [4.78, 5) is 23.6. The van der Waals surface area contributed by atoms with Gasteiger partial charge in [-0.15, -0.1) is 0 Å². The van der Waals surface area contributed by atoms with Crippen molar-refractivity contribution in [3.8, 4) is 0 Å². The summed E-state index contributed by atoms with van der Waals surface area (Å²) in [5, 5.41) is 61.1. The molecule has 5 atom stereocenters. The van der Waals surface area contributed by atoms with Gasteiger partial charge in [-0.25, -0.2) is 9.18 Å². The molecular formula is C22H22FNO8S. The number of carboxylic acids is 1. The highest BCUT2D eigenvalue weighted by Gasteiger charge is 2.38. The summed E-state index contributed by atoms with van der Waals surface area (Å²) in [5.74, 6) is -3.35. The minimum atomic E-state index is -2.44. The predicted octanol–water partition coefficient (Wildman–Crippen LogP) is -0.323. The van der Waals surface area contributed by atoms with E-state index in [-0.39, 0.29) is 11.1 Å². The summed E-state index contributed by atoms with van der Waals surface area (Å²) in [7, 11) is 0. The average molecular weight is 479 g/mol. The van der Waals surface area contributed by atoms with Crippen molar-refractivity contribution >= 4 is 41.1 Å². The molecule has 1 amide bonds. The van der Waals surface area contributed by atoms with Gasteiger partial charge in [-0.2, -0.15) is 0 Å². The van der Waals surface area contributed by atoms with Crippen LogP contribution >= 0.6 is 12.2 Å². The molecule has 0 spiro atoms. The quantitative estimate of drug-likeness (QED) is 0.105. The average Bonchev–Trinajstić information content (AvgIpc) is 2.81. The molecule has 0 radical (unpaired) electrons. The fourth-order valence-electron chi connectivity index (χ4n) is 2.77. The van der Waals surface area contributed by atoms with Crippen LogP contribution in [0.5, 0.6) is 0 Å². The van der Waals surface area contributed by atoms with E-state index in [2.05, 4.69) is 0 Å². The van der Waals surface area contributed by atoms with Crippen LogP contribution in [0.2, 0.25) is 0 Å². The second-order valence-electron chi connectivity index (χ2n) is 7.02. The Balaban J connectivity index is 2.28. The maximum Gasteiger partial charge on any atom is 0.335 e. The van der Waals surface area contributed by atoms with Crippen molar-refractivity contribution < 1.29 is 44.6 Å². The lowest BCUT2D eigenvalue weighted by Gasteiger charge is -2.28. The number of carbonyl (C=O) groups excluding carboxylic acids is 1. The first-order chi connectivity index (χ1) is 15.5. The van der Waals surface area contributed by atoms with Crippen LogP contribution in [0.4, 0.5) is 4.39 Å². The van der Waals surface area contributed by atoms with E-state index < -0.39 is 48.3 Å². The molecule has 176 valence electrons. The van der Waals surface area contributed by atoms with Crippen molar-refractivity contribution in [1.29, 1.82) is 0 Å². The molecule has 0 aliphatic heterocycles. The number of rotatable bonds is 10. The van der Waals surface area contributed by atoms with E-state index in [1.54, 1.807) is 24.3 Å². The van der Waals surface area contributed by atoms with Gasteiger partial charge in [0.25, 0.3) is 5.91 Å². The third-order valence-corrected chi connectivity index (χ3v) is 4.93. The third kappa shape index (κ3) is 6.96. The third-order valence-electron chi connectivity index (χ3n) is 4.66. The van der Waals surface area contributed by atoms with Gasteiger partial charge in [0.2, 0.25) is 0 Å². The molecule has 0 aliphatic rings. The van der Waals surface area contributed by atoms with Crippen LogP contribution in [0.3, 0.4) is 0 Å².